The molecule has 0 saturated heterocycles. The summed E-state index contributed by atoms with van der Waals surface area (Å²) in [6, 6.07) is 12.9. The van der Waals surface area contributed by atoms with E-state index in [4.69, 9.17) is 16.6 Å². The SMILES string of the molecule is Cc1ccc(-n2c(C3CCCC3)nc3c(c(=O)c4ccccc4n3C)c2=O)cc1Cl. The molecule has 2 aromatic carbocycles. The lowest BCUT2D eigenvalue weighted by atomic mass is 10.1. The first kappa shape index (κ1) is 19.1. The lowest BCUT2D eigenvalue weighted by Crippen LogP contribution is -2.30. The first-order valence-electron chi connectivity index (χ1n) is 10.3. The predicted molar refractivity (Wildman–Crippen MR) is 121 cm³/mol. The molecular weight excluding hydrogens is 398 g/mol. The van der Waals surface area contributed by atoms with Gasteiger partial charge >= 0.3 is 0 Å². The largest absolute Gasteiger partial charge is 0.328 e. The molecule has 0 atom stereocenters. The summed E-state index contributed by atoms with van der Waals surface area (Å²) in [5.74, 6) is 0.902. The molecule has 1 aliphatic carbocycles. The standard InChI is InChI=1S/C24H22ClN3O2/c1-14-11-12-16(13-18(14)25)28-22(15-7-3-4-8-15)26-23-20(24(28)30)21(29)17-9-5-6-10-19(17)27(23)2/h5-6,9-13,15H,3-4,7-8H2,1-2H3. The highest BCUT2D eigenvalue weighted by Gasteiger charge is 2.26. The molecule has 1 saturated carbocycles. The Morgan fingerprint density at radius 3 is 2.53 bits per heavy atom. The van der Waals surface area contributed by atoms with E-state index < -0.39 is 0 Å². The molecule has 0 amide bonds. The summed E-state index contributed by atoms with van der Waals surface area (Å²) in [4.78, 5) is 32.0. The molecule has 6 heteroatoms. The van der Waals surface area contributed by atoms with Crippen molar-refractivity contribution in [2.24, 2.45) is 7.05 Å². The van der Waals surface area contributed by atoms with Gasteiger partial charge in [-0.3, -0.25) is 14.2 Å². The number of benzene rings is 2. The van der Waals surface area contributed by atoms with Crippen LogP contribution in [0.1, 0.15) is 43.0 Å². The smallest absolute Gasteiger partial charge is 0.271 e. The fourth-order valence-electron chi connectivity index (χ4n) is 4.60. The van der Waals surface area contributed by atoms with Crippen molar-refractivity contribution in [3.05, 3.63) is 79.5 Å². The molecule has 4 aromatic rings. The van der Waals surface area contributed by atoms with Gasteiger partial charge in [0, 0.05) is 23.4 Å². The fraction of sp³-hybridized carbons (Fsp3) is 0.292. The first-order chi connectivity index (χ1) is 14.5. The summed E-state index contributed by atoms with van der Waals surface area (Å²) in [6.45, 7) is 1.92. The lowest BCUT2D eigenvalue weighted by Gasteiger charge is -2.19. The Kier molecular flexibility index (Phi) is 4.51. The molecule has 30 heavy (non-hydrogen) atoms. The van der Waals surface area contributed by atoms with Gasteiger partial charge in [-0.15, -0.1) is 0 Å². The zero-order chi connectivity index (χ0) is 21.0. The summed E-state index contributed by atoms with van der Waals surface area (Å²) in [6.07, 6.45) is 4.20. The van der Waals surface area contributed by atoms with Gasteiger partial charge in [0.25, 0.3) is 5.56 Å². The van der Waals surface area contributed by atoms with Gasteiger partial charge in [0.1, 0.15) is 11.2 Å². The minimum absolute atomic E-state index is 0.120. The van der Waals surface area contributed by atoms with Gasteiger partial charge in [0.15, 0.2) is 5.65 Å². The topological polar surface area (TPSA) is 56.9 Å². The molecule has 152 valence electrons. The minimum Gasteiger partial charge on any atom is -0.328 e. The van der Waals surface area contributed by atoms with Crippen molar-refractivity contribution in [2.75, 3.05) is 0 Å². The number of para-hydroxylation sites is 1. The van der Waals surface area contributed by atoms with E-state index in [9.17, 15) is 9.59 Å². The van der Waals surface area contributed by atoms with Gasteiger partial charge in [-0.25, -0.2) is 4.98 Å². The highest BCUT2D eigenvalue weighted by Crippen LogP contribution is 2.34. The Bertz CT molecular complexity index is 1430. The Hall–Kier alpha value is -2.92. The molecule has 5 rings (SSSR count). The number of fused-ring (bicyclic) bond motifs is 2. The maximum atomic E-state index is 13.8. The van der Waals surface area contributed by atoms with E-state index in [0.717, 1.165) is 42.6 Å². The second-order valence-corrected chi connectivity index (χ2v) is 8.54. The summed E-state index contributed by atoms with van der Waals surface area (Å²) in [5.41, 5.74) is 2.21. The first-order valence-corrected chi connectivity index (χ1v) is 10.7. The normalized spacial score (nSPS) is 14.8. The number of nitrogens with zero attached hydrogens (tertiary/aromatic N) is 3. The fourth-order valence-corrected chi connectivity index (χ4v) is 4.78. The van der Waals surface area contributed by atoms with E-state index in [0.29, 0.717) is 21.7 Å². The van der Waals surface area contributed by atoms with Crippen molar-refractivity contribution in [1.29, 1.82) is 0 Å². The maximum Gasteiger partial charge on any atom is 0.271 e. The number of halogens is 1. The maximum absolute atomic E-state index is 13.8. The zero-order valence-corrected chi connectivity index (χ0v) is 17.7. The van der Waals surface area contributed by atoms with E-state index in [1.807, 2.05) is 48.9 Å². The quantitative estimate of drug-likeness (QED) is 0.436. The zero-order valence-electron chi connectivity index (χ0n) is 17.0. The number of hydrogen-bond acceptors (Lipinski definition) is 3. The molecule has 1 fully saturated rings. The van der Waals surface area contributed by atoms with Crippen molar-refractivity contribution in [3.63, 3.8) is 0 Å². The second kappa shape index (κ2) is 7.10. The van der Waals surface area contributed by atoms with Gasteiger partial charge < -0.3 is 4.57 Å². The van der Waals surface area contributed by atoms with Crippen LogP contribution in [0.2, 0.25) is 5.02 Å². The van der Waals surface area contributed by atoms with E-state index in [-0.39, 0.29) is 22.3 Å². The summed E-state index contributed by atoms with van der Waals surface area (Å²) in [7, 11) is 1.86. The molecule has 0 bridgehead atoms. The van der Waals surface area contributed by atoms with Crippen LogP contribution in [0.5, 0.6) is 0 Å². The Morgan fingerprint density at radius 2 is 1.80 bits per heavy atom. The van der Waals surface area contributed by atoms with Crippen molar-refractivity contribution < 1.29 is 0 Å². The molecule has 0 aliphatic heterocycles. The third kappa shape index (κ3) is 2.80. The van der Waals surface area contributed by atoms with Gasteiger partial charge in [-0.2, -0.15) is 0 Å². The van der Waals surface area contributed by atoms with Crippen molar-refractivity contribution in [3.8, 4) is 5.69 Å². The van der Waals surface area contributed by atoms with Gasteiger partial charge in [0.2, 0.25) is 5.43 Å². The number of pyridine rings is 1. The lowest BCUT2D eigenvalue weighted by molar-refractivity contribution is 0.636. The highest BCUT2D eigenvalue weighted by atomic mass is 35.5. The number of hydrogen-bond donors (Lipinski definition) is 0. The number of aromatic nitrogens is 3. The van der Waals surface area contributed by atoms with Crippen LogP contribution in [0.4, 0.5) is 0 Å². The average molecular weight is 420 g/mol. The van der Waals surface area contributed by atoms with Crippen molar-refractivity contribution >= 4 is 33.5 Å². The van der Waals surface area contributed by atoms with Gasteiger partial charge in [-0.1, -0.05) is 42.6 Å². The van der Waals surface area contributed by atoms with Crippen LogP contribution in [0.25, 0.3) is 27.6 Å². The number of aryl methyl sites for hydroxylation is 2. The number of rotatable bonds is 2. The molecule has 0 N–H and O–H groups in total. The highest BCUT2D eigenvalue weighted by molar-refractivity contribution is 6.31. The van der Waals surface area contributed by atoms with Crippen LogP contribution in [-0.2, 0) is 7.05 Å². The molecule has 1 aliphatic rings. The van der Waals surface area contributed by atoms with E-state index in [1.165, 1.54) is 0 Å². The molecular formula is C24H22ClN3O2. The minimum atomic E-state index is -0.326. The third-order valence-corrected chi connectivity index (χ3v) is 6.69. The van der Waals surface area contributed by atoms with Crippen LogP contribution in [0.15, 0.2) is 52.1 Å². The predicted octanol–water partition coefficient (Wildman–Crippen LogP) is 4.86. The van der Waals surface area contributed by atoms with Crippen LogP contribution < -0.4 is 11.0 Å². The van der Waals surface area contributed by atoms with E-state index >= 15 is 0 Å². The van der Waals surface area contributed by atoms with Crippen molar-refractivity contribution in [2.45, 2.75) is 38.5 Å². The Balaban J connectivity index is 1.95. The molecule has 2 aromatic heterocycles. The van der Waals surface area contributed by atoms with E-state index in [1.54, 1.807) is 16.7 Å². The Labute approximate surface area is 178 Å². The van der Waals surface area contributed by atoms with E-state index in [2.05, 4.69) is 0 Å². The third-order valence-electron chi connectivity index (χ3n) is 6.28. The van der Waals surface area contributed by atoms with Crippen LogP contribution in [0, 0.1) is 6.92 Å². The van der Waals surface area contributed by atoms with Gasteiger partial charge in [-0.05, 0) is 49.6 Å². The average Bonchev–Trinajstić information content (AvgIpc) is 3.28. The molecule has 0 unspecified atom stereocenters. The van der Waals surface area contributed by atoms with Crippen LogP contribution in [0.3, 0.4) is 0 Å². The van der Waals surface area contributed by atoms with Crippen LogP contribution in [-0.4, -0.2) is 14.1 Å². The summed E-state index contributed by atoms with van der Waals surface area (Å²) < 4.78 is 3.47. The monoisotopic (exact) mass is 419 g/mol. The van der Waals surface area contributed by atoms with Gasteiger partial charge in [0.05, 0.1) is 11.2 Å². The molecule has 0 radical (unpaired) electrons. The molecule has 5 nitrogen and oxygen atoms in total. The van der Waals surface area contributed by atoms with Crippen molar-refractivity contribution in [1.82, 2.24) is 14.1 Å². The van der Waals surface area contributed by atoms with Crippen LogP contribution >= 0.6 is 11.6 Å². The Morgan fingerprint density at radius 1 is 1.07 bits per heavy atom. The molecule has 2 heterocycles. The second-order valence-electron chi connectivity index (χ2n) is 8.13. The summed E-state index contributed by atoms with van der Waals surface area (Å²) in [5, 5.41) is 1.23. The molecule has 0 spiro atoms. The summed E-state index contributed by atoms with van der Waals surface area (Å²) >= 11 is 6.38.